The van der Waals surface area contributed by atoms with E-state index in [1.165, 1.54) is 12.8 Å². The molecule has 1 aromatic heterocycles. The van der Waals surface area contributed by atoms with Gasteiger partial charge in [-0.25, -0.2) is 9.97 Å². The predicted molar refractivity (Wildman–Crippen MR) is 108 cm³/mol. The third-order valence-electron chi connectivity index (χ3n) is 5.88. The van der Waals surface area contributed by atoms with Gasteiger partial charge in [0.05, 0.1) is 26.4 Å². The van der Waals surface area contributed by atoms with Crippen molar-refractivity contribution in [3.63, 3.8) is 0 Å². The summed E-state index contributed by atoms with van der Waals surface area (Å²) in [5.74, 6) is 1.99. The van der Waals surface area contributed by atoms with E-state index in [2.05, 4.69) is 25.8 Å². The fourth-order valence-corrected chi connectivity index (χ4v) is 4.29. The van der Waals surface area contributed by atoms with Crippen LogP contribution < -0.4 is 9.80 Å². The molecule has 28 heavy (non-hydrogen) atoms. The van der Waals surface area contributed by atoms with Crippen LogP contribution in [0.1, 0.15) is 25.7 Å². The molecule has 3 fully saturated rings. The number of aromatic nitrogens is 2. The summed E-state index contributed by atoms with van der Waals surface area (Å²) in [7, 11) is 4.02. The second-order valence-corrected chi connectivity index (χ2v) is 8.60. The number of likely N-dealkylation sites (tertiary alicyclic amines) is 1. The van der Waals surface area contributed by atoms with Gasteiger partial charge in [-0.15, -0.1) is 0 Å². The van der Waals surface area contributed by atoms with Crippen LogP contribution >= 0.6 is 0 Å². The van der Waals surface area contributed by atoms with Crippen molar-refractivity contribution in [1.82, 2.24) is 14.9 Å². The van der Waals surface area contributed by atoms with Crippen molar-refractivity contribution in [2.24, 2.45) is 0 Å². The van der Waals surface area contributed by atoms with Crippen molar-refractivity contribution in [2.45, 2.75) is 43.4 Å². The normalized spacial score (nSPS) is 24.0. The number of ether oxygens (including phenoxy) is 2. The van der Waals surface area contributed by atoms with Gasteiger partial charge in [0, 0.05) is 51.9 Å². The van der Waals surface area contributed by atoms with Gasteiger partial charge in [0.25, 0.3) is 0 Å². The molecule has 1 aliphatic carbocycles. The molecule has 0 radical (unpaired) electrons. The van der Waals surface area contributed by atoms with Crippen LogP contribution in [-0.2, 0) is 9.47 Å². The SMILES string of the molecule is CN(C)c1cc(N(C2CC2)C2CCN(CC3(O)COCCOC3)CC2)ncn1. The molecule has 0 amide bonds. The van der Waals surface area contributed by atoms with Crippen LogP contribution in [0.4, 0.5) is 11.6 Å². The molecule has 0 unspecified atom stereocenters. The van der Waals surface area contributed by atoms with Crippen molar-refractivity contribution in [3.05, 3.63) is 12.4 Å². The minimum Gasteiger partial charge on any atom is -0.384 e. The number of nitrogens with zero attached hydrogens (tertiary/aromatic N) is 5. The molecule has 1 N–H and O–H groups in total. The van der Waals surface area contributed by atoms with Gasteiger partial charge < -0.3 is 29.3 Å². The molecule has 3 heterocycles. The summed E-state index contributed by atoms with van der Waals surface area (Å²) >= 11 is 0. The first-order valence-electron chi connectivity index (χ1n) is 10.4. The largest absolute Gasteiger partial charge is 0.384 e. The maximum atomic E-state index is 10.8. The van der Waals surface area contributed by atoms with Gasteiger partial charge in [0.2, 0.25) is 0 Å². The predicted octanol–water partition coefficient (Wildman–Crippen LogP) is 0.754. The Kier molecular flexibility index (Phi) is 6.01. The molecule has 156 valence electrons. The molecule has 2 saturated heterocycles. The van der Waals surface area contributed by atoms with Crippen LogP contribution in [-0.4, -0.2) is 97.8 Å². The first kappa shape index (κ1) is 19.8. The molecule has 4 rings (SSSR count). The van der Waals surface area contributed by atoms with E-state index in [0.717, 1.165) is 37.6 Å². The third-order valence-corrected chi connectivity index (χ3v) is 5.88. The van der Waals surface area contributed by atoms with Gasteiger partial charge in [-0.1, -0.05) is 0 Å². The Hall–Kier alpha value is -1.48. The van der Waals surface area contributed by atoms with Gasteiger partial charge in [-0.05, 0) is 25.7 Å². The van der Waals surface area contributed by atoms with E-state index in [0.29, 0.717) is 45.1 Å². The summed E-state index contributed by atoms with van der Waals surface area (Å²) in [5.41, 5.74) is -0.896. The van der Waals surface area contributed by atoms with E-state index < -0.39 is 5.60 Å². The van der Waals surface area contributed by atoms with Crippen LogP contribution in [0.5, 0.6) is 0 Å². The second-order valence-electron chi connectivity index (χ2n) is 8.60. The third kappa shape index (κ3) is 4.74. The van der Waals surface area contributed by atoms with Gasteiger partial charge in [-0.2, -0.15) is 0 Å². The Morgan fingerprint density at radius 2 is 1.64 bits per heavy atom. The molecule has 0 aromatic carbocycles. The Bertz CT molecular complexity index is 638. The second kappa shape index (κ2) is 8.49. The smallest absolute Gasteiger partial charge is 0.134 e. The molecule has 0 atom stereocenters. The van der Waals surface area contributed by atoms with E-state index >= 15 is 0 Å². The highest BCUT2D eigenvalue weighted by atomic mass is 16.6. The lowest BCUT2D eigenvalue weighted by Gasteiger charge is -2.41. The first-order chi connectivity index (χ1) is 13.5. The van der Waals surface area contributed by atoms with Crippen molar-refractivity contribution in [3.8, 4) is 0 Å². The highest BCUT2D eigenvalue weighted by Crippen LogP contribution is 2.36. The lowest BCUT2D eigenvalue weighted by atomic mass is 9.99. The monoisotopic (exact) mass is 391 g/mol. The standard InChI is InChI=1S/C20H33N5O3/c1-23(2)18-11-19(22-15-21-18)25(16-3-4-16)17-5-7-24(8-6-17)12-20(26)13-27-9-10-28-14-20/h11,15-17,26H,3-10,12-14H2,1-2H3. The fourth-order valence-electron chi connectivity index (χ4n) is 4.29. The van der Waals surface area contributed by atoms with E-state index in [1.807, 2.05) is 19.0 Å². The summed E-state index contributed by atoms with van der Waals surface area (Å²) in [4.78, 5) is 15.9. The molecule has 0 spiro atoms. The Morgan fingerprint density at radius 3 is 2.25 bits per heavy atom. The zero-order chi connectivity index (χ0) is 19.6. The average molecular weight is 392 g/mol. The Labute approximate surface area is 167 Å². The summed E-state index contributed by atoms with van der Waals surface area (Å²) in [6.07, 6.45) is 6.33. The number of rotatable bonds is 6. The molecular weight excluding hydrogens is 358 g/mol. The van der Waals surface area contributed by atoms with Gasteiger partial charge in [0.1, 0.15) is 23.6 Å². The summed E-state index contributed by atoms with van der Waals surface area (Å²) in [5, 5.41) is 10.8. The number of β-amino-alcohol motifs (C(OH)–C–C–N with tert-alkyl or cyclic N) is 1. The Balaban J connectivity index is 1.38. The average Bonchev–Trinajstić information content (AvgIpc) is 3.52. The number of piperidine rings is 1. The lowest BCUT2D eigenvalue weighted by molar-refractivity contribution is -0.0767. The van der Waals surface area contributed by atoms with Crippen LogP contribution in [0.25, 0.3) is 0 Å². The molecule has 1 saturated carbocycles. The van der Waals surface area contributed by atoms with Crippen molar-refractivity contribution < 1.29 is 14.6 Å². The number of anilines is 2. The maximum absolute atomic E-state index is 10.8. The topological polar surface area (TPSA) is 74.2 Å². The van der Waals surface area contributed by atoms with Gasteiger partial charge >= 0.3 is 0 Å². The maximum Gasteiger partial charge on any atom is 0.134 e. The van der Waals surface area contributed by atoms with E-state index in [4.69, 9.17) is 9.47 Å². The minimum absolute atomic E-state index is 0.357. The zero-order valence-electron chi connectivity index (χ0n) is 17.1. The molecule has 0 bridgehead atoms. The number of hydrogen-bond donors (Lipinski definition) is 1. The molecule has 3 aliphatic rings. The molecule has 2 aliphatic heterocycles. The van der Waals surface area contributed by atoms with Crippen molar-refractivity contribution in [2.75, 3.05) is 70.0 Å². The highest BCUT2D eigenvalue weighted by molar-refractivity contribution is 5.51. The number of hydrogen-bond acceptors (Lipinski definition) is 8. The fraction of sp³-hybridized carbons (Fsp3) is 0.800. The molecule has 1 aromatic rings. The molecule has 8 nitrogen and oxygen atoms in total. The first-order valence-corrected chi connectivity index (χ1v) is 10.4. The summed E-state index contributed by atoms with van der Waals surface area (Å²) < 4.78 is 11.0. The van der Waals surface area contributed by atoms with Crippen LogP contribution in [0.2, 0.25) is 0 Å². The van der Waals surface area contributed by atoms with Crippen LogP contribution in [0, 0.1) is 0 Å². The molecule has 8 heteroatoms. The van der Waals surface area contributed by atoms with Crippen molar-refractivity contribution in [1.29, 1.82) is 0 Å². The van der Waals surface area contributed by atoms with Crippen LogP contribution in [0.15, 0.2) is 12.4 Å². The molecular formula is C20H33N5O3. The summed E-state index contributed by atoms with van der Waals surface area (Å²) in [6, 6.07) is 3.20. The summed E-state index contributed by atoms with van der Waals surface area (Å²) in [6.45, 7) is 4.40. The van der Waals surface area contributed by atoms with Crippen LogP contribution in [0.3, 0.4) is 0 Å². The minimum atomic E-state index is -0.896. The quantitative estimate of drug-likeness (QED) is 0.762. The zero-order valence-corrected chi connectivity index (χ0v) is 17.1. The van der Waals surface area contributed by atoms with E-state index in [-0.39, 0.29) is 0 Å². The highest BCUT2D eigenvalue weighted by Gasteiger charge is 2.38. The van der Waals surface area contributed by atoms with E-state index in [9.17, 15) is 5.11 Å². The van der Waals surface area contributed by atoms with E-state index in [1.54, 1.807) is 6.33 Å². The van der Waals surface area contributed by atoms with Crippen molar-refractivity contribution >= 4 is 11.6 Å². The Morgan fingerprint density at radius 1 is 1.04 bits per heavy atom. The number of aliphatic hydroxyl groups is 1. The lowest BCUT2D eigenvalue weighted by Crippen LogP contribution is -2.53. The van der Waals surface area contributed by atoms with Gasteiger partial charge in [-0.3, -0.25) is 0 Å². The van der Waals surface area contributed by atoms with Gasteiger partial charge in [0.15, 0.2) is 0 Å².